The molecular weight excluding hydrogens is 235 g/mol. The first-order valence-electron chi connectivity index (χ1n) is 3.66. The summed E-state index contributed by atoms with van der Waals surface area (Å²) in [5.41, 5.74) is 0.126. The first-order valence-corrected chi connectivity index (χ1v) is 4.04. The van der Waals surface area contributed by atoms with Gasteiger partial charge in [0.25, 0.3) is 0 Å². The van der Waals surface area contributed by atoms with E-state index in [4.69, 9.17) is 16.8 Å². The van der Waals surface area contributed by atoms with Gasteiger partial charge in [0.15, 0.2) is 5.17 Å². The topological polar surface area (TPSA) is 41.8 Å². The van der Waals surface area contributed by atoms with Gasteiger partial charge in [0.1, 0.15) is 5.75 Å². The fraction of sp³-hybridized carbons (Fsp3) is 0.125. The fourth-order valence-corrected chi connectivity index (χ4v) is 0.997. The molecule has 0 unspecified atom stereocenters. The summed E-state index contributed by atoms with van der Waals surface area (Å²) in [5, 5.41) is 10.6. The van der Waals surface area contributed by atoms with Crippen LogP contribution in [0.1, 0.15) is 5.56 Å². The minimum Gasteiger partial charge on any atom is -0.410 e. The van der Waals surface area contributed by atoms with Crippen molar-refractivity contribution in [3.05, 3.63) is 29.8 Å². The van der Waals surface area contributed by atoms with Crippen LogP contribution in [0.5, 0.6) is 5.75 Å². The number of benzene rings is 1. The monoisotopic (exact) mass is 239 g/mol. The Bertz CT molecular complexity index is 378. The molecule has 0 aliphatic rings. The van der Waals surface area contributed by atoms with Crippen LogP contribution in [-0.4, -0.2) is 16.7 Å². The van der Waals surface area contributed by atoms with E-state index in [9.17, 15) is 13.2 Å². The van der Waals surface area contributed by atoms with Gasteiger partial charge in [-0.05, 0) is 12.1 Å². The zero-order chi connectivity index (χ0) is 11.5. The molecule has 15 heavy (non-hydrogen) atoms. The van der Waals surface area contributed by atoms with E-state index in [1.807, 2.05) is 0 Å². The van der Waals surface area contributed by atoms with E-state index in [2.05, 4.69) is 9.89 Å². The average Bonchev–Trinajstić information content (AvgIpc) is 2.14. The van der Waals surface area contributed by atoms with Crippen molar-refractivity contribution >= 4 is 16.8 Å². The van der Waals surface area contributed by atoms with Crippen molar-refractivity contribution in [3.8, 4) is 5.75 Å². The van der Waals surface area contributed by atoms with Gasteiger partial charge in [0.2, 0.25) is 0 Å². The van der Waals surface area contributed by atoms with Crippen molar-refractivity contribution in [2.75, 3.05) is 0 Å². The van der Waals surface area contributed by atoms with Gasteiger partial charge in [-0.25, -0.2) is 0 Å². The number of nitrogens with zero attached hydrogens (tertiary/aromatic N) is 1. The molecule has 1 N–H and O–H groups in total. The Morgan fingerprint density at radius 2 is 2.07 bits per heavy atom. The maximum absolute atomic E-state index is 11.8. The molecule has 0 heterocycles. The molecular formula is C8H5ClF3NO2. The zero-order valence-electron chi connectivity index (χ0n) is 7.12. The summed E-state index contributed by atoms with van der Waals surface area (Å²) >= 11 is 5.40. The zero-order valence-corrected chi connectivity index (χ0v) is 7.88. The van der Waals surface area contributed by atoms with Crippen molar-refractivity contribution in [1.29, 1.82) is 0 Å². The summed E-state index contributed by atoms with van der Waals surface area (Å²) in [6, 6.07) is 4.79. The maximum Gasteiger partial charge on any atom is 0.573 e. The van der Waals surface area contributed by atoms with E-state index in [1.165, 1.54) is 12.1 Å². The highest BCUT2D eigenvalue weighted by molar-refractivity contribution is 6.69. The standard InChI is InChI=1S/C8H5ClF3NO2/c9-7(13-14)5-2-1-3-6(4-5)15-8(10,11)12/h1-4,14H. The van der Waals surface area contributed by atoms with Crippen LogP contribution in [0.2, 0.25) is 0 Å². The molecule has 1 aromatic rings. The van der Waals surface area contributed by atoms with Gasteiger partial charge < -0.3 is 9.94 Å². The SMILES string of the molecule is ON=C(Cl)c1cccc(OC(F)(F)F)c1. The quantitative estimate of drug-likeness (QED) is 0.490. The van der Waals surface area contributed by atoms with Gasteiger partial charge in [-0.3, -0.25) is 0 Å². The van der Waals surface area contributed by atoms with E-state index in [0.717, 1.165) is 12.1 Å². The van der Waals surface area contributed by atoms with Crippen molar-refractivity contribution in [1.82, 2.24) is 0 Å². The van der Waals surface area contributed by atoms with Gasteiger partial charge >= 0.3 is 6.36 Å². The second-order valence-corrected chi connectivity index (χ2v) is 2.82. The van der Waals surface area contributed by atoms with Crippen molar-refractivity contribution in [3.63, 3.8) is 0 Å². The molecule has 1 aromatic carbocycles. The summed E-state index contributed by atoms with van der Waals surface area (Å²) < 4.78 is 39.1. The molecule has 0 fully saturated rings. The number of halogens is 4. The third-order valence-electron chi connectivity index (χ3n) is 1.39. The molecule has 7 heteroatoms. The summed E-state index contributed by atoms with van der Waals surface area (Å²) in [5.74, 6) is -0.429. The van der Waals surface area contributed by atoms with Gasteiger partial charge in [-0.2, -0.15) is 0 Å². The Morgan fingerprint density at radius 3 is 2.60 bits per heavy atom. The molecule has 82 valence electrons. The third kappa shape index (κ3) is 3.67. The molecule has 0 saturated carbocycles. The lowest BCUT2D eigenvalue weighted by atomic mass is 10.2. The number of hydrogen-bond acceptors (Lipinski definition) is 3. The van der Waals surface area contributed by atoms with Crippen LogP contribution < -0.4 is 4.74 Å². The van der Waals surface area contributed by atoms with Crippen molar-refractivity contribution < 1.29 is 23.1 Å². The van der Waals surface area contributed by atoms with Gasteiger partial charge in [0, 0.05) is 5.56 Å². The Kier molecular flexibility index (Phi) is 3.41. The van der Waals surface area contributed by atoms with Crippen LogP contribution in [-0.2, 0) is 0 Å². The molecule has 0 spiro atoms. The highest BCUT2D eigenvalue weighted by Gasteiger charge is 2.31. The number of rotatable bonds is 2. The van der Waals surface area contributed by atoms with E-state index in [-0.39, 0.29) is 10.7 Å². The molecule has 0 aliphatic heterocycles. The largest absolute Gasteiger partial charge is 0.573 e. The smallest absolute Gasteiger partial charge is 0.410 e. The summed E-state index contributed by atoms with van der Waals surface area (Å²) in [4.78, 5) is 0. The van der Waals surface area contributed by atoms with Crippen molar-refractivity contribution in [2.24, 2.45) is 5.16 Å². The van der Waals surface area contributed by atoms with Crippen LogP contribution in [0.3, 0.4) is 0 Å². The average molecular weight is 240 g/mol. The minimum atomic E-state index is -4.76. The summed E-state index contributed by atoms with van der Waals surface area (Å²) in [6.45, 7) is 0. The van der Waals surface area contributed by atoms with Crippen LogP contribution in [0, 0.1) is 0 Å². The molecule has 0 bridgehead atoms. The number of ether oxygens (including phenoxy) is 1. The lowest BCUT2D eigenvalue weighted by Gasteiger charge is -2.09. The molecule has 1 rings (SSSR count). The first kappa shape index (κ1) is 11.6. The number of oxime groups is 1. The van der Waals surface area contributed by atoms with Crippen LogP contribution >= 0.6 is 11.6 Å². The van der Waals surface area contributed by atoms with Crippen LogP contribution in [0.25, 0.3) is 0 Å². The van der Waals surface area contributed by atoms with E-state index in [1.54, 1.807) is 0 Å². The predicted molar refractivity (Wildman–Crippen MR) is 47.3 cm³/mol. The predicted octanol–water partition coefficient (Wildman–Crippen LogP) is 2.96. The second-order valence-electron chi connectivity index (χ2n) is 2.47. The lowest BCUT2D eigenvalue weighted by molar-refractivity contribution is -0.274. The van der Waals surface area contributed by atoms with Gasteiger partial charge in [-0.1, -0.05) is 28.9 Å². The lowest BCUT2D eigenvalue weighted by Crippen LogP contribution is -2.17. The summed E-state index contributed by atoms with van der Waals surface area (Å²) in [6.07, 6.45) is -4.76. The van der Waals surface area contributed by atoms with E-state index >= 15 is 0 Å². The number of hydrogen-bond donors (Lipinski definition) is 1. The van der Waals surface area contributed by atoms with E-state index in [0.29, 0.717) is 0 Å². The summed E-state index contributed by atoms with van der Waals surface area (Å²) in [7, 11) is 0. The Balaban J connectivity index is 2.93. The second kappa shape index (κ2) is 4.39. The number of alkyl halides is 3. The third-order valence-corrected chi connectivity index (χ3v) is 1.69. The molecule has 0 aliphatic carbocycles. The minimum absolute atomic E-state index is 0.126. The maximum atomic E-state index is 11.8. The van der Waals surface area contributed by atoms with Gasteiger partial charge in [0.05, 0.1) is 0 Å². The highest BCUT2D eigenvalue weighted by Crippen LogP contribution is 2.23. The Hall–Kier alpha value is -1.43. The molecule has 0 atom stereocenters. The molecule has 0 radical (unpaired) electrons. The van der Waals surface area contributed by atoms with Crippen LogP contribution in [0.4, 0.5) is 13.2 Å². The normalized spacial score (nSPS) is 12.7. The van der Waals surface area contributed by atoms with E-state index < -0.39 is 12.1 Å². The molecule has 0 saturated heterocycles. The molecule has 0 aromatic heterocycles. The fourth-order valence-electron chi connectivity index (χ4n) is 0.879. The van der Waals surface area contributed by atoms with Crippen molar-refractivity contribution in [2.45, 2.75) is 6.36 Å². The highest BCUT2D eigenvalue weighted by atomic mass is 35.5. The Labute approximate surface area is 87.7 Å². The van der Waals surface area contributed by atoms with Gasteiger partial charge in [-0.15, -0.1) is 13.2 Å². The molecule has 3 nitrogen and oxygen atoms in total. The molecule has 0 amide bonds. The first-order chi connectivity index (χ1) is 6.92. The Morgan fingerprint density at radius 1 is 1.40 bits per heavy atom. The van der Waals surface area contributed by atoms with Crippen LogP contribution in [0.15, 0.2) is 29.4 Å².